The number of carbonyl (C=O) groups is 4. The summed E-state index contributed by atoms with van der Waals surface area (Å²) in [6.45, 7) is 6.64. The molecule has 2 aromatic rings. The summed E-state index contributed by atoms with van der Waals surface area (Å²) in [5.74, 6) is -1.90. The number of guanidine groups is 1. The molecule has 1 saturated carbocycles. The summed E-state index contributed by atoms with van der Waals surface area (Å²) >= 11 is 6.31. The van der Waals surface area contributed by atoms with Gasteiger partial charge in [-0.3, -0.25) is 19.2 Å². The Bertz CT molecular complexity index is 1410. The third-order valence-electron chi connectivity index (χ3n) is 9.00. The highest BCUT2D eigenvalue weighted by Gasteiger charge is 2.33. The highest BCUT2D eigenvalue weighted by atomic mass is 35.5. The van der Waals surface area contributed by atoms with Crippen LogP contribution < -0.4 is 32.7 Å². The van der Waals surface area contributed by atoms with Crippen LogP contribution in [0.3, 0.4) is 0 Å². The highest BCUT2D eigenvalue weighted by molar-refractivity contribution is 6.30. The Balaban J connectivity index is 1.79. The van der Waals surface area contributed by atoms with Crippen LogP contribution in [0.1, 0.15) is 112 Å². The molecule has 12 heteroatoms. The minimum absolute atomic E-state index is 0.0234. The second-order valence-electron chi connectivity index (χ2n) is 13.0. The van der Waals surface area contributed by atoms with E-state index in [1.807, 2.05) is 38.1 Å². The molecule has 8 N–H and O–H groups in total. The van der Waals surface area contributed by atoms with Crippen LogP contribution in [0.15, 0.2) is 53.5 Å². The van der Waals surface area contributed by atoms with Gasteiger partial charge < -0.3 is 32.7 Å². The Labute approximate surface area is 295 Å². The predicted octanol–water partition coefficient (Wildman–Crippen LogP) is 4.67. The second-order valence-corrected chi connectivity index (χ2v) is 13.4. The molecule has 0 aromatic heterocycles. The van der Waals surface area contributed by atoms with Gasteiger partial charge in [-0.15, -0.1) is 0 Å². The van der Waals surface area contributed by atoms with E-state index < -0.39 is 29.8 Å². The van der Waals surface area contributed by atoms with Crippen molar-refractivity contribution in [1.29, 1.82) is 0 Å². The van der Waals surface area contributed by atoms with E-state index in [9.17, 15) is 19.2 Å². The van der Waals surface area contributed by atoms with Gasteiger partial charge in [0.15, 0.2) is 5.96 Å². The first-order chi connectivity index (χ1) is 23.5. The van der Waals surface area contributed by atoms with Gasteiger partial charge in [0.2, 0.25) is 17.7 Å². The first-order valence-corrected chi connectivity index (χ1v) is 18.0. The molecule has 268 valence electrons. The van der Waals surface area contributed by atoms with Crippen molar-refractivity contribution in [2.45, 2.75) is 116 Å². The summed E-state index contributed by atoms with van der Waals surface area (Å²) in [5, 5.41) is 12.6. The number of aliphatic imine (C=N–C) groups is 1. The molecule has 0 saturated heterocycles. The van der Waals surface area contributed by atoms with E-state index in [4.69, 9.17) is 23.1 Å². The van der Waals surface area contributed by atoms with Crippen molar-refractivity contribution in [1.82, 2.24) is 21.3 Å². The summed E-state index contributed by atoms with van der Waals surface area (Å²) < 4.78 is 0. The van der Waals surface area contributed by atoms with Crippen molar-refractivity contribution in [2.24, 2.45) is 22.4 Å². The molecule has 0 heterocycles. The maximum atomic E-state index is 14.0. The number of rotatable bonds is 18. The Morgan fingerprint density at radius 2 is 1.61 bits per heavy atom. The number of benzene rings is 2. The maximum absolute atomic E-state index is 14.0. The van der Waals surface area contributed by atoms with Crippen LogP contribution in [0, 0.1) is 5.92 Å². The minimum Gasteiger partial charge on any atom is -0.370 e. The van der Waals surface area contributed by atoms with Crippen LogP contribution in [-0.4, -0.2) is 54.3 Å². The van der Waals surface area contributed by atoms with E-state index in [2.05, 4.69) is 26.3 Å². The largest absolute Gasteiger partial charge is 0.370 e. The van der Waals surface area contributed by atoms with Crippen molar-refractivity contribution in [3.05, 3.63) is 70.2 Å². The van der Waals surface area contributed by atoms with Gasteiger partial charge in [-0.1, -0.05) is 88.7 Å². The summed E-state index contributed by atoms with van der Waals surface area (Å²) in [4.78, 5) is 58.1. The topological polar surface area (TPSA) is 181 Å². The molecule has 0 bridgehead atoms. The lowest BCUT2D eigenvalue weighted by Crippen LogP contribution is -2.56. The van der Waals surface area contributed by atoms with Crippen molar-refractivity contribution in [3.63, 3.8) is 0 Å². The van der Waals surface area contributed by atoms with Gasteiger partial charge >= 0.3 is 0 Å². The van der Waals surface area contributed by atoms with Gasteiger partial charge in [-0.2, -0.15) is 0 Å². The standard InChI is InChI=1S/C37H54ClN7O4/c1-4-6-14-31(44-34(47)26-18-16-25(17-19-26)23-42-37(39)40)35(48)45-32(21-24(3)33(46)41-20-7-5-2)36(49)43-30-15-9-8-13-29(30)27-11-10-12-28(38)22-27/h10-12,16-19,22,24,29-32H,4-9,13-15,20-21,23H2,1-3H3,(H,41,46)(H,43,49)(H,44,47)(H,45,48)(H4,39,40,42)/t24-,29+,30-,31+,32+/m1/s1. The van der Waals surface area contributed by atoms with Crippen LogP contribution in [0.2, 0.25) is 5.02 Å². The second kappa shape index (κ2) is 20.4. The number of halogens is 1. The molecule has 11 nitrogen and oxygen atoms in total. The molecular weight excluding hydrogens is 642 g/mol. The molecule has 49 heavy (non-hydrogen) atoms. The van der Waals surface area contributed by atoms with Gasteiger partial charge in [-0.05, 0) is 67.5 Å². The van der Waals surface area contributed by atoms with Crippen molar-refractivity contribution < 1.29 is 19.2 Å². The van der Waals surface area contributed by atoms with Crippen LogP contribution in [0.5, 0.6) is 0 Å². The fraction of sp³-hybridized carbons (Fsp3) is 0.541. The molecule has 0 unspecified atom stereocenters. The first kappa shape index (κ1) is 39.3. The van der Waals surface area contributed by atoms with E-state index in [1.54, 1.807) is 31.2 Å². The molecular formula is C37H54ClN7O4. The molecule has 1 aliphatic carbocycles. The van der Waals surface area contributed by atoms with Crippen molar-refractivity contribution in [2.75, 3.05) is 6.54 Å². The zero-order valence-corrected chi connectivity index (χ0v) is 29.9. The Kier molecular flexibility index (Phi) is 16.4. The molecule has 2 aromatic carbocycles. The van der Waals surface area contributed by atoms with Gasteiger partial charge in [0, 0.05) is 35.0 Å². The lowest BCUT2D eigenvalue weighted by Gasteiger charge is -2.34. The quantitative estimate of drug-likeness (QED) is 0.0749. The Morgan fingerprint density at radius 1 is 0.898 bits per heavy atom. The molecule has 0 aliphatic heterocycles. The summed E-state index contributed by atoms with van der Waals surface area (Å²) in [7, 11) is 0. The van der Waals surface area contributed by atoms with Crippen LogP contribution in [0.4, 0.5) is 0 Å². The lowest BCUT2D eigenvalue weighted by atomic mass is 9.80. The van der Waals surface area contributed by atoms with E-state index in [0.29, 0.717) is 30.0 Å². The molecule has 0 radical (unpaired) electrons. The fourth-order valence-electron chi connectivity index (χ4n) is 6.11. The number of nitrogens with two attached hydrogens (primary N) is 2. The minimum atomic E-state index is -0.989. The molecule has 3 rings (SSSR count). The number of nitrogens with one attached hydrogen (secondary N) is 4. The lowest BCUT2D eigenvalue weighted by molar-refractivity contribution is -0.132. The van der Waals surface area contributed by atoms with Crippen LogP contribution in [0.25, 0.3) is 0 Å². The van der Waals surface area contributed by atoms with Gasteiger partial charge in [0.25, 0.3) is 5.91 Å². The summed E-state index contributed by atoms with van der Waals surface area (Å²) in [6, 6.07) is 12.5. The molecule has 5 atom stereocenters. The van der Waals surface area contributed by atoms with Gasteiger partial charge in [0.1, 0.15) is 12.1 Å². The number of hydrogen-bond acceptors (Lipinski definition) is 5. The average Bonchev–Trinajstić information content (AvgIpc) is 3.09. The maximum Gasteiger partial charge on any atom is 0.251 e. The number of nitrogens with zero attached hydrogens (tertiary/aromatic N) is 1. The van der Waals surface area contributed by atoms with Crippen LogP contribution in [-0.2, 0) is 20.9 Å². The monoisotopic (exact) mass is 695 g/mol. The predicted molar refractivity (Wildman–Crippen MR) is 195 cm³/mol. The summed E-state index contributed by atoms with van der Waals surface area (Å²) in [6.07, 6.45) is 7.48. The third-order valence-corrected chi connectivity index (χ3v) is 9.23. The highest BCUT2D eigenvalue weighted by Crippen LogP contribution is 2.34. The SMILES string of the molecule is CCCCNC(=O)[C@H](C)C[C@H](NC(=O)[C@H](CCCC)NC(=O)c1ccc(CN=C(N)N)cc1)C(=O)N[C@@H]1CCCC[C@H]1c1cccc(Cl)c1. The zero-order valence-electron chi connectivity index (χ0n) is 29.1. The number of amides is 4. The van der Waals surface area contributed by atoms with Crippen molar-refractivity contribution >= 4 is 41.2 Å². The Morgan fingerprint density at radius 3 is 2.29 bits per heavy atom. The molecule has 0 spiro atoms. The number of carbonyl (C=O) groups excluding carboxylic acids is 4. The average molecular weight is 696 g/mol. The van der Waals surface area contributed by atoms with Gasteiger partial charge in [-0.25, -0.2) is 4.99 Å². The third kappa shape index (κ3) is 13.0. The fourth-order valence-corrected chi connectivity index (χ4v) is 6.31. The number of unbranched alkanes of at least 4 members (excludes halogenated alkanes) is 2. The van der Waals surface area contributed by atoms with E-state index in [0.717, 1.165) is 56.1 Å². The summed E-state index contributed by atoms with van der Waals surface area (Å²) in [5.41, 5.74) is 13.1. The normalized spacial score (nSPS) is 17.6. The zero-order chi connectivity index (χ0) is 35.8. The first-order valence-electron chi connectivity index (χ1n) is 17.6. The number of hydrogen-bond donors (Lipinski definition) is 6. The smallest absolute Gasteiger partial charge is 0.251 e. The van der Waals surface area contributed by atoms with E-state index >= 15 is 0 Å². The molecule has 1 aliphatic rings. The van der Waals surface area contributed by atoms with Crippen molar-refractivity contribution in [3.8, 4) is 0 Å². The molecule has 4 amide bonds. The van der Waals surface area contributed by atoms with E-state index in [1.165, 1.54) is 0 Å². The Hall–Kier alpha value is -4.12. The van der Waals surface area contributed by atoms with Gasteiger partial charge in [0.05, 0.1) is 6.54 Å². The van der Waals surface area contributed by atoms with E-state index in [-0.39, 0.29) is 42.7 Å². The van der Waals surface area contributed by atoms with Crippen LogP contribution >= 0.6 is 11.6 Å². The molecule has 1 fully saturated rings.